The van der Waals surface area contributed by atoms with Crippen LogP contribution in [0.15, 0.2) is 0 Å². The average Bonchev–Trinajstić information content (AvgIpc) is 3.13. The van der Waals surface area contributed by atoms with Crippen LogP contribution in [0.4, 0.5) is 0 Å². The molecule has 4 unspecified atom stereocenters. The molecule has 0 N–H and O–H groups in total. The molecule has 0 aromatic heterocycles. The monoisotopic (exact) mass is 354 g/mol. The topological polar surface area (TPSA) is 0 Å². The van der Waals surface area contributed by atoms with E-state index in [0.29, 0.717) is 0 Å². The first-order chi connectivity index (χ1) is 6.49. The zero-order valence-corrected chi connectivity index (χ0v) is 11.7. The van der Waals surface area contributed by atoms with Crippen LogP contribution in [0.3, 0.4) is 0 Å². The fraction of sp³-hybridized carbons (Fsp3) is 1.00. The number of hydrogen-bond donors (Lipinski definition) is 0. The van der Waals surface area contributed by atoms with Crippen LogP contribution in [-0.4, -0.2) is 4.36 Å². The molecule has 0 amide bonds. The second-order valence-corrected chi connectivity index (χ2v) is 36.7. The predicted octanol–water partition coefficient (Wildman–Crippen LogP) is 4.56. The van der Waals surface area contributed by atoms with Crippen LogP contribution < -0.4 is 0 Å². The number of hydrogen-bond acceptors (Lipinski definition) is 0. The molecule has 0 aromatic rings. The van der Waals surface area contributed by atoms with E-state index in [1.165, 1.54) is 43.3 Å². The molecule has 0 nitrogen and oxygen atoms in total. The van der Waals surface area contributed by atoms with E-state index < -0.39 is 6.51 Å². The molecule has 10 fully saturated rings. The Morgan fingerprint density at radius 2 is 1.21 bits per heavy atom. The summed E-state index contributed by atoms with van der Waals surface area (Å²) in [4.78, 5) is 13.3. The van der Waals surface area contributed by atoms with Crippen LogP contribution in [-0.2, 0) is 6.51 Å². The third-order valence-electron chi connectivity index (χ3n) is 15.1. The molecule has 10 aliphatic rings. The van der Waals surface area contributed by atoms with E-state index in [4.69, 9.17) is 0 Å². The fourth-order valence-corrected chi connectivity index (χ4v) is 100. The Bertz CT molecular complexity index is 807. The zero-order valence-electron chi connectivity index (χ0n) is 7.38. The summed E-state index contributed by atoms with van der Waals surface area (Å²) in [5.74, 6) is 0. The van der Waals surface area contributed by atoms with Gasteiger partial charge in [0.05, 0.1) is 0 Å². The second kappa shape index (κ2) is 0.392. The van der Waals surface area contributed by atoms with E-state index in [2.05, 4.69) is 31.5 Å². The molecule has 0 aliphatic carbocycles. The second-order valence-electron chi connectivity index (χ2n) is 10.0. The van der Waals surface area contributed by atoms with Crippen molar-refractivity contribution in [1.29, 1.82) is 0 Å². The van der Waals surface area contributed by atoms with Gasteiger partial charge in [0.15, 0.2) is 0 Å². The standard InChI is InChI=1S/C5H4BBr2.C5H5.Fe/c7-6(8)5-3-1-2-4-5;1-2-4-5-3-1;/h1-4H;1-5H;. The third kappa shape index (κ3) is 0.0438. The van der Waals surface area contributed by atoms with Crippen molar-refractivity contribution >= 4 is 35.9 Å². The summed E-state index contributed by atoms with van der Waals surface area (Å²) in [6, 6.07) is 0. The molecule has 14 heavy (non-hydrogen) atoms. The van der Waals surface area contributed by atoms with E-state index in [-0.39, 0.29) is 0 Å². The molecular formula is C10H9BBr2Fe. The summed E-state index contributed by atoms with van der Waals surface area (Å²) in [5, 5.41) is 0. The summed E-state index contributed by atoms with van der Waals surface area (Å²) in [6.45, 7) is -2.68. The minimum atomic E-state index is -2.68. The maximum atomic E-state index is 4.00. The Morgan fingerprint density at radius 3 is 1.29 bits per heavy atom. The fourth-order valence-electron chi connectivity index (χ4n) is 17.0. The van der Waals surface area contributed by atoms with Crippen LogP contribution in [0, 0.1) is 0 Å². The summed E-state index contributed by atoms with van der Waals surface area (Å²) < 4.78 is 1.79. The van der Waals surface area contributed by atoms with Crippen LogP contribution in [0.5, 0.6) is 0 Å². The van der Waals surface area contributed by atoms with Crippen molar-refractivity contribution in [2.24, 2.45) is 0 Å². The van der Waals surface area contributed by atoms with Crippen LogP contribution >= 0.6 is 31.5 Å². The first-order valence-electron chi connectivity index (χ1n) is 5.98. The van der Waals surface area contributed by atoms with Crippen LogP contribution in [0.25, 0.3) is 0 Å². The Morgan fingerprint density at radius 1 is 0.786 bits per heavy atom. The first kappa shape index (κ1) is 5.46. The van der Waals surface area contributed by atoms with Crippen molar-refractivity contribution in [1.82, 2.24) is 0 Å². The minimum absolute atomic E-state index is 0.761. The van der Waals surface area contributed by atoms with Crippen LogP contribution in [0.1, 0.15) is 0 Å². The van der Waals surface area contributed by atoms with E-state index >= 15 is 0 Å². The van der Waals surface area contributed by atoms with Crippen LogP contribution in [0.2, 0.25) is 47.6 Å². The summed E-state index contributed by atoms with van der Waals surface area (Å²) in [6.07, 6.45) is 0. The molecule has 0 bridgehead atoms. The van der Waals surface area contributed by atoms with E-state index in [0.717, 1.165) is 8.57 Å². The van der Waals surface area contributed by atoms with E-state index in [9.17, 15) is 0 Å². The normalized spacial score (nSPS) is 142. The summed E-state index contributed by atoms with van der Waals surface area (Å²) in [7, 11) is 0. The molecule has 10 saturated heterocycles. The van der Waals surface area contributed by atoms with Crippen molar-refractivity contribution in [3.05, 3.63) is 0 Å². The van der Waals surface area contributed by atoms with Gasteiger partial charge in [-0.25, -0.2) is 0 Å². The molecular weight excluding hydrogens is 347 g/mol. The van der Waals surface area contributed by atoms with Gasteiger partial charge in [-0.05, 0) is 0 Å². The van der Waals surface area contributed by atoms with Gasteiger partial charge in [0.25, 0.3) is 0 Å². The molecule has 4 atom stereocenters. The van der Waals surface area contributed by atoms with Crippen molar-refractivity contribution in [3.63, 3.8) is 0 Å². The predicted molar refractivity (Wildman–Crippen MR) is 60.1 cm³/mol. The van der Waals surface area contributed by atoms with Gasteiger partial charge in [-0.1, -0.05) is 0 Å². The average molecular weight is 356 g/mol. The maximum absolute atomic E-state index is 4.00. The zero-order chi connectivity index (χ0) is 8.59. The molecule has 1 spiro atoms. The van der Waals surface area contributed by atoms with Crippen molar-refractivity contribution in [2.75, 3.05) is 0 Å². The van der Waals surface area contributed by atoms with Gasteiger partial charge in [-0.2, -0.15) is 0 Å². The third-order valence-corrected chi connectivity index (χ3v) is 60.1. The molecule has 10 rings (SSSR count). The van der Waals surface area contributed by atoms with E-state index in [1.54, 1.807) is 0 Å². The van der Waals surface area contributed by atoms with Crippen molar-refractivity contribution in [2.45, 2.75) is 47.6 Å². The number of fused-ring (bicyclic) bond motifs is 10. The van der Waals surface area contributed by atoms with Gasteiger partial charge in [-0.15, -0.1) is 0 Å². The molecule has 0 radical (unpaired) electrons. The molecule has 74 valence electrons. The Hall–Kier alpha value is 1.54. The molecule has 4 heteroatoms. The van der Waals surface area contributed by atoms with Gasteiger partial charge >= 0.3 is 89.9 Å². The summed E-state index contributed by atoms with van der Waals surface area (Å²) >= 11 is 8.00. The van der Waals surface area contributed by atoms with Gasteiger partial charge in [0, 0.05) is 0 Å². The summed E-state index contributed by atoms with van der Waals surface area (Å²) in [5.41, 5.74) is 0. The van der Waals surface area contributed by atoms with Gasteiger partial charge in [0.1, 0.15) is 0 Å². The van der Waals surface area contributed by atoms with Gasteiger partial charge < -0.3 is 0 Å². The quantitative estimate of drug-likeness (QED) is 0.605. The van der Waals surface area contributed by atoms with Gasteiger partial charge in [-0.3, -0.25) is 0 Å². The number of rotatable bonds is 1. The van der Waals surface area contributed by atoms with E-state index in [1.807, 2.05) is 0 Å². The number of halogens is 2. The Labute approximate surface area is 89.3 Å². The van der Waals surface area contributed by atoms with Gasteiger partial charge in [0.2, 0.25) is 0 Å². The Balaban J connectivity index is 1.94. The SMILES string of the molecule is BrB(Br)[C]12[CH]3[CH]4[CH]5[CH]1[Fe]45321678[CH]2[CH]1[CH]6[CH]7[CH]28. The molecule has 10 heterocycles. The molecule has 10 aliphatic heterocycles. The first-order valence-corrected chi connectivity index (χ1v) is 14.1. The molecule has 0 aromatic carbocycles. The van der Waals surface area contributed by atoms with Crippen molar-refractivity contribution < 1.29 is 6.51 Å². The Kier molecular flexibility index (Phi) is 0.153. The van der Waals surface area contributed by atoms with Crippen molar-refractivity contribution in [3.8, 4) is 0 Å². The molecule has 0 saturated carbocycles.